The number of rotatable bonds is 3. The molecule has 1 fully saturated rings. The van der Waals surface area contributed by atoms with Crippen molar-refractivity contribution in [2.75, 3.05) is 18.0 Å². The van der Waals surface area contributed by atoms with Crippen LogP contribution in [0, 0.1) is 0 Å². The molecule has 1 saturated heterocycles. The zero-order valence-electron chi connectivity index (χ0n) is 13.8. The second kappa shape index (κ2) is 6.80. The number of carbonyl (C=O) groups is 1. The quantitative estimate of drug-likeness (QED) is 0.686. The fourth-order valence-corrected chi connectivity index (χ4v) is 3.30. The van der Waals surface area contributed by atoms with Gasteiger partial charge in [0.25, 0.3) is 0 Å². The number of nitrogens with zero attached hydrogens (tertiary/aromatic N) is 5. The fourth-order valence-electron chi connectivity index (χ4n) is 3.18. The molecule has 0 unspecified atom stereocenters. The van der Waals surface area contributed by atoms with E-state index in [9.17, 15) is 4.79 Å². The van der Waals surface area contributed by atoms with E-state index >= 15 is 0 Å². The lowest BCUT2D eigenvalue weighted by atomic mass is 10.1. The van der Waals surface area contributed by atoms with Crippen molar-refractivity contribution < 1.29 is 9.90 Å². The predicted molar refractivity (Wildman–Crippen MR) is 97.6 cm³/mol. The smallest absolute Gasteiger partial charge is 0.404 e. The van der Waals surface area contributed by atoms with Crippen LogP contribution >= 0.6 is 11.6 Å². The van der Waals surface area contributed by atoms with E-state index in [1.54, 1.807) is 23.0 Å². The third kappa shape index (κ3) is 3.28. The molecule has 9 heteroatoms. The molecule has 0 bridgehead atoms. The van der Waals surface area contributed by atoms with Crippen LogP contribution in [0.15, 0.2) is 36.7 Å². The zero-order valence-corrected chi connectivity index (χ0v) is 14.6. The Bertz CT molecular complexity index is 934. The summed E-state index contributed by atoms with van der Waals surface area (Å²) in [4.78, 5) is 21.4. The maximum atomic E-state index is 10.8. The first-order valence-corrected chi connectivity index (χ1v) is 8.69. The van der Waals surface area contributed by atoms with Crippen LogP contribution in [0.4, 0.5) is 10.6 Å². The highest BCUT2D eigenvalue weighted by atomic mass is 35.5. The van der Waals surface area contributed by atoms with Crippen LogP contribution < -0.4 is 10.2 Å². The molecule has 0 aliphatic carbocycles. The summed E-state index contributed by atoms with van der Waals surface area (Å²) >= 11 is 5.86. The number of fused-ring (bicyclic) bond motifs is 1. The first-order chi connectivity index (χ1) is 12.6. The van der Waals surface area contributed by atoms with E-state index in [4.69, 9.17) is 21.8 Å². The Kier molecular flexibility index (Phi) is 4.34. The van der Waals surface area contributed by atoms with Crippen LogP contribution in [0.25, 0.3) is 16.9 Å². The summed E-state index contributed by atoms with van der Waals surface area (Å²) in [5.74, 6) is 0.840. The van der Waals surface area contributed by atoms with Crippen LogP contribution in [0.1, 0.15) is 12.8 Å². The van der Waals surface area contributed by atoms with E-state index in [2.05, 4.69) is 20.2 Å². The third-order valence-electron chi connectivity index (χ3n) is 4.52. The second-order valence-corrected chi connectivity index (χ2v) is 6.57. The molecular formula is C17H17ClN6O2. The average Bonchev–Trinajstić information content (AvgIpc) is 3.06. The molecule has 0 spiro atoms. The largest absolute Gasteiger partial charge is 0.465 e. The molecule has 0 radical (unpaired) electrons. The Morgan fingerprint density at radius 2 is 1.96 bits per heavy atom. The summed E-state index contributed by atoms with van der Waals surface area (Å²) in [5.41, 5.74) is 2.48. The van der Waals surface area contributed by atoms with Crippen molar-refractivity contribution in [3.05, 3.63) is 41.8 Å². The van der Waals surface area contributed by atoms with E-state index in [0.29, 0.717) is 5.15 Å². The van der Waals surface area contributed by atoms with Crippen LogP contribution in [-0.4, -0.2) is 49.9 Å². The van der Waals surface area contributed by atoms with Crippen molar-refractivity contribution in [3.8, 4) is 11.3 Å². The minimum atomic E-state index is -0.970. The Morgan fingerprint density at radius 1 is 1.15 bits per heavy atom. The number of imidazole rings is 1. The van der Waals surface area contributed by atoms with Gasteiger partial charge in [0.1, 0.15) is 11.0 Å². The number of nitrogens with one attached hydrogen (secondary N) is 1. The number of hydrogen-bond donors (Lipinski definition) is 2. The molecule has 2 N–H and O–H groups in total. The van der Waals surface area contributed by atoms with Gasteiger partial charge in [0.2, 0.25) is 0 Å². The van der Waals surface area contributed by atoms with Crippen LogP contribution in [-0.2, 0) is 0 Å². The number of pyridine rings is 1. The molecule has 4 heterocycles. The molecule has 3 aromatic rings. The monoisotopic (exact) mass is 372 g/mol. The first kappa shape index (κ1) is 16.6. The number of carboxylic acid groups (broad SMARTS) is 1. The molecule has 8 nitrogen and oxygen atoms in total. The van der Waals surface area contributed by atoms with Gasteiger partial charge >= 0.3 is 6.09 Å². The molecule has 134 valence electrons. The minimum absolute atomic E-state index is 0.00331. The molecule has 26 heavy (non-hydrogen) atoms. The van der Waals surface area contributed by atoms with E-state index < -0.39 is 6.09 Å². The van der Waals surface area contributed by atoms with Crippen molar-refractivity contribution in [1.29, 1.82) is 0 Å². The minimum Gasteiger partial charge on any atom is -0.465 e. The van der Waals surface area contributed by atoms with Gasteiger partial charge in [-0.1, -0.05) is 11.6 Å². The SMILES string of the molecule is O=C(O)NC1CCN(c2ccc3ncc(-c4ccc(Cl)nc4)n3n2)CC1. The maximum absolute atomic E-state index is 10.8. The molecule has 4 rings (SSSR count). The van der Waals surface area contributed by atoms with Gasteiger partial charge in [0, 0.05) is 30.9 Å². The molecule has 3 aromatic heterocycles. The number of amides is 1. The molecule has 0 saturated carbocycles. The Hall–Kier alpha value is -2.87. The molecule has 0 atom stereocenters. The standard InChI is InChI=1S/C17H17ClN6O2/c18-14-2-1-11(9-19-14)13-10-20-15-3-4-16(22-24(13)15)23-7-5-12(6-8-23)21-17(25)26/h1-4,9-10,12,21H,5-8H2,(H,25,26). The van der Waals surface area contributed by atoms with Gasteiger partial charge in [-0.3, -0.25) is 0 Å². The first-order valence-electron chi connectivity index (χ1n) is 8.31. The lowest BCUT2D eigenvalue weighted by Crippen LogP contribution is -2.44. The van der Waals surface area contributed by atoms with Gasteiger partial charge in [-0.05, 0) is 37.1 Å². The number of piperidine rings is 1. The van der Waals surface area contributed by atoms with Crippen molar-refractivity contribution in [2.24, 2.45) is 0 Å². The van der Waals surface area contributed by atoms with Gasteiger partial charge in [-0.2, -0.15) is 0 Å². The van der Waals surface area contributed by atoms with Crippen molar-refractivity contribution in [2.45, 2.75) is 18.9 Å². The fraction of sp³-hybridized carbons (Fsp3) is 0.294. The van der Waals surface area contributed by atoms with Crippen LogP contribution in [0.3, 0.4) is 0 Å². The zero-order chi connectivity index (χ0) is 18.1. The summed E-state index contributed by atoms with van der Waals surface area (Å²) in [6.45, 7) is 1.49. The summed E-state index contributed by atoms with van der Waals surface area (Å²) in [6, 6.07) is 7.49. The normalized spacial score (nSPS) is 15.3. The highest BCUT2D eigenvalue weighted by Crippen LogP contribution is 2.23. The number of hydrogen-bond acceptors (Lipinski definition) is 5. The van der Waals surface area contributed by atoms with Crippen molar-refractivity contribution in [1.82, 2.24) is 24.9 Å². The Balaban J connectivity index is 1.59. The van der Waals surface area contributed by atoms with Crippen LogP contribution in [0.5, 0.6) is 0 Å². The van der Waals surface area contributed by atoms with Gasteiger partial charge < -0.3 is 15.3 Å². The summed E-state index contributed by atoms with van der Waals surface area (Å²) < 4.78 is 1.79. The van der Waals surface area contributed by atoms with Crippen molar-refractivity contribution >= 4 is 29.2 Å². The summed E-state index contributed by atoms with van der Waals surface area (Å²) in [7, 11) is 0. The summed E-state index contributed by atoms with van der Waals surface area (Å²) in [6.07, 6.45) is 4.00. The number of aromatic nitrogens is 4. The Labute approximate surface area is 154 Å². The molecule has 0 aromatic carbocycles. The topological polar surface area (TPSA) is 95.7 Å². The molecular weight excluding hydrogens is 356 g/mol. The molecule has 1 aliphatic rings. The number of halogens is 1. The molecule has 1 amide bonds. The van der Waals surface area contributed by atoms with Gasteiger partial charge in [0.15, 0.2) is 5.65 Å². The van der Waals surface area contributed by atoms with Crippen molar-refractivity contribution in [3.63, 3.8) is 0 Å². The van der Waals surface area contributed by atoms with Gasteiger partial charge in [-0.15, -0.1) is 5.10 Å². The highest BCUT2D eigenvalue weighted by molar-refractivity contribution is 6.29. The lowest BCUT2D eigenvalue weighted by Gasteiger charge is -2.32. The maximum Gasteiger partial charge on any atom is 0.404 e. The Morgan fingerprint density at radius 3 is 2.65 bits per heavy atom. The van der Waals surface area contributed by atoms with E-state index in [0.717, 1.165) is 48.7 Å². The second-order valence-electron chi connectivity index (χ2n) is 6.19. The van der Waals surface area contributed by atoms with E-state index in [-0.39, 0.29) is 6.04 Å². The summed E-state index contributed by atoms with van der Waals surface area (Å²) in [5, 5.41) is 16.6. The highest BCUT2D eigenvalue weighted by Gasteiger charge is 2.22. The van der Waals surface area contributed by atoms with Crippen LogP contribution in [0.2, 0.25) is 5.15 Å². The van der Waals surface area contributed by atoms with Gasteiger partial charge in [-0.25, -0.2) is 19.3 Å². The third-order valence-corrected chi connectivity index (χ3v) is 4.74. The predicted octanol–water partition coefficient (Wildman–Crippen LogP) is 2.68. The van der Waals surface area contributed by atoms with E-state index in [1.807, 2.05) is 18.2 Å². The van der Waals surface area contributed by atoms with Gasteiger partial charge in [0.05, 0.1) is 11.9 Å². The lowest BCUT2D eigenvalue weighted by molar-refractivity contribution is 0.187. The average molecular weight is 373 g/mol. The van der Waals surface area contributed by atoms with E-state index in [1.165, 1.54) is 0 Å². The molecule has 1 aliphatic heterocycles. The number of anilines is 1.